The fourth-order valence-electron chi connectivity index (χ4n) is 3.68. The zero-order valence-corrected chi connectivity index (χ0v) is 19.7. The number of benzene rings is 1. The van der Waals surface area contributed by atoms with Crippen molar-refractivity contribution in [2.75, 3.05) is 18.4 Å². The van der Waals surface area contributed by atoms with Gasteiger partial charge in [-0.25, -0.2) is 4.98 Å². The molecule has 0 spiro atoms. The first-order valence-corrected chi connectivity index (χ1v) is 11.8. The molecule has 2 aromatic heterocycles. The van der Waals surface area contributed by atoms with Crippen LogP contribution in [0.1, 0.15) is 34.0 Å². The molecule has 0 radical (unpaired) electrons. The maximum absolute atomic E-state index is 12.8. The molecule has 1 saturated heterocycles. The van der Waals surface area contributed by atoms with Gasteiger partial charge in [0, 0.05) is 29.7 Å². The van der Waals surface area contributed by atoms with Crippen LogP contribution < -0.4 is 5.32 Å². The topological polar surface area (TPSA) is 75.2 Å². The van der Waals surface area contributed by atoms with Crippen LogP contribution in [0.3, 0.4) is 0 Å². The quantitative estimate of drug-likeness (QED) is 0.448. The third-order valence-electron chi connectivity index (χ3n) is 5.36. The fraction of sp³-hybridized carbons (Fsp3) is 0.273. The van der Waals surface area contributed by atoms with Crippen molar-refractivity contribution in [1.82, 2.24) is 14.9 Å². The number of carbonyl (C=O) groups is 2. The van der Waals surface area contributed by atoms with E-state index in [1.807, 2.05) is 0 Å². The standard InChI is InChI=1S/C22H17Cl2F3N4O2S/c23-14-5-4-13(11-15(14)24)19(32)30-21-29-17(16-3-1-2-8-28-16)18(34-21)12-6-9-31(10-7-12)20(33)22(25,26)27/h1-5,8,11-12H,6-7,9-10H2,(H,29,30,32). The van der Waals surface area contributed by atoms with E-state index in [0.717, 1.165) is 9.78 Å². The lowest BCUT2D eigenvalue weighted by Gasteiger charge is -2.32. The first-order chi connectivity index (χ1) is 16.1. The van der Waals surface area contributed by atoms with Gasteiger partial charge in [-0.1, -0.05) is 29.3 Å². The molecule has 12 heteroatoms. The maximum Gasteiger partial charge on any atom is 0.471 e. The molecule has 0 saturated carbocycles. The monoisotopic (exact) mass is 528 g/mol. The second-order valence-corrected chi connectivity index (χ2v) is 9.44. The summed E-state index contributed by atoms with van der Waals surface area (Å²) in [4.78, 5) is 34.8. The summed E-state index contributed by atoms with van der Waals surface area (Å²) >= 11 is 13.2. The zero-order valence-electron chi connectivity index (χ0n) is 17.4. The van der Waals surface area contributed by atoms with Gasteiger partial charge in [0.05, 0.1) is 15.7 Å². The van der Waals surface area contributed by atoms with Gasteiger partial charge in [-0.05, 0) is 49.1 Å². The van der Waals surface area contributed by atoms with Crippen molar-refractivity contribution in [1.29, 1.82) is 0 Å². The van der Waals surface area contributed by atoms with Gasteiger partial charge in [0.1, 0.15) is 5.69 Å². The Kier molecular flexibility index (Phi) is 7.11. The number of halogens is 5. The Hall–Kier alpha value is -2.69. The van der Waals surface area contributed by atoms with Crippen molar-refractivity contribution in [3.05, 3.63) is 63.1 Å². The highest BCUT2D eigenvalue weighted by atomic mass is 35.5. The molecule has 34 heavy (non-hydrogen) atoms. The summed E-state index contributed by atoms with van der Waals surface area (Å²) in [5, 5.41) is 3.63. The maximum atomic E-state index is 12.8. The van der Waals surface area contributed by atoms with Gasteiger partial charge in [-0.2, -0.15) is 13.2 Å². The van der Waals surface area contributed by atoms with Crippen molar-refractivity contribution in [3.63, 3.8) is 0 Å². The highest BCUT2D eigenvalue weighted by molar-refractivity contribution is 7.16. The molecule has 6 nitrogen and oxygen atoms in total. The van der Waals surface area contributed by atoms with Crippen LogP contribution >= 0.6 is 34.5 Å². The number of alkyl halides is 3. The summed E-state index contributed by atoms with van der Waals surface area (Å²) in [6, 6.07) is 9.81. The van der Waals surface area contributed by atoms with E-state index in [9.17, 15) is 22.8 Å². The number of pyridine rings is 1. The number of piperidine rings is 1. The van der Waals surface area contributed by atoms with Gasteiger partial charge in [0.25, 0.3) is 5.91 Å². The first-order valence-electron chi connectivity index (χ1n) is 10.2. The molecule has 0 aliphatic carbocycles. The predicted octanol–water partition coefficient (Wildman–Crippen LogP) is 6.03. The van der Waals surface area contributed by atoms with Crippen molar-refractivity contribution in [2.45, 2.75) is 24.9 Å². The number of likely N-dealkylation sites (tertiary alicyclic amines) is 1. The Labute approximate surface area is 206 Å². The highest BCUT2D eigenvalue weighted by Gasteiger charge is 2.43. The van der Waals surface area contributed by atoms with Gasteiger partial charge in [-0.3, -0.25) is 19.9 Å². The number of hydrogen-bond donors (Lipinski definition) is 1. The number of amides is 2. The van der Waals surface area contributed by atoms with Crippen LogP contribution in [0.25, 0.3) is 11.4 Å². The van der Waals surface area contributed by atoms with E-state index in [1.165, 1.54) is 29.5 Å². The number of carbonyl (C=O) groups excluding carboxylic acids is 2. The minimum Gasteiger partial charge on any atom is -0.335 e. The van der Waals surface area contributed by atoms with Crippen LogP contribution in [-0.4, -0.2) is 45.9 Å². The molecular formula is C22H17Cl2F3N4O2S. The number of rotatable bonds is 4. The molecule has 3 aromatic rings. The van der Waals surface area contributed by atoms with Gasteiger partial charge in [0.15, 0.2) is 5.13 Å². The Bertz CT molecular complexity index is 1210. The normalized spacial score (nSPS) is 14.8. The van der Waals surface area contributed by atoms with Crippen molar-refractivity contribution in [3.8, 4) is 11.4 Å². The lowest BCUT2D eigenvalue weighted by Crippen LogP contribution is -2.45. The second kappa shape index (κ2) is 9.89. The van der Waals surface area contributed by atoms with E-state index in [0.29, 0.717) is 39.9 Å². The number of nitrogens with zero attached hydrogens (tertiary/aromatic N) is 3. The summed E-state index contributed by atoms with van der Waals surface area (Å²) in [7, 11) is 0. The Morgan fingerprint density at radius 1 is 1.09 bits per heavy atom. The van der Waals surface area contributed by atoms with Crippen molar-refractivity contribution >= 4 is 51.5 Å². The van der Waals surface area contributed by atoms with Gasteiger partial charge in [0.2, 0.25) is 0 Å². The van der Waals surface area contributed by atoms with Gasteiger partial charge in [-0.15, -0.1) is 11.3 Å². The van der Waals surface area contributed by atoms with Gasteiger partial charge < -0.3 is 4.90 Å². The van der Waals surface area contributed by atoms with Crippen LogP contribution in [0.4, 0.5) is 18.3 Å². The smallest absolute Gasteiger partial charge is 0.335 e. The van der Waals surface area contributed by atoms with Gasteiger partial charge >= 0.3 is 12.1 Å². The highest BCUT2D eigenvalue weighted by Crippen LogP contribution is 2.41. The van der Waals surface area contributed by atoms with E-state index >= 15 is 0 Å². The van der Waals surface area contributed by atoms with E-state index in [-0.39, 0.29) is 24.0 Å². The molecule has 1 aliphatic heterocycles. The van der Waals surface area contributed by atoms with E-state index in [1.54, 1.807) is 24.4 Å². The third-order valence-corrected chi connectivity index (χ3v) is 7.23. The summed E-state index contributed by atoms with van der Waals surface area (Å²) in [6.45, 7) is -0.0406. The molecule has 2 amide bonds. The average molecular weight is 529 g/mol. The minimum atomic E-state index is -4.89. The minimum absolute atomic E-state index is 0.0203. The van der Waals surface area contributed by atoms with Crippen LogP contribution in [0, 0.1) is 0 Å². The molecule has 0 bridgehead atoms. The lowest BCUT2D eigenvalue weighted by molar-refractivity contribution is -0.186. The van der Waals surface area contributed by atoms with E-state index in [4.69, 9.17) is 23.2 Å². The fourth-order valence-corrected chi connectivity index (χ4v) is 5.12. The van der Waals surface area contributed by atoms with Crippen molar-refractivity contribution < 1.29 is 22.8 Å². The zero-order chi connectivity index (χ0) is 24.5. The number of anilines is 1. The third kappa shape index (κ3) is 5.34. The SMILES string of the molecule is O=C(Nc1nc(-c2ccccn2)c(C2CCN(C(=O)C(F)(F)F)CC2)s1)c1ccc(Cl)c(Cl)c1. The number of aromatic nitrogens is 2. The Balaban J connectivity index is 1.58. The molecule has 4 rings (SSSR count). The number of hydrogen-bond acceptors (Lipinski definition) is 5. The summed E-state index contributed by atoms with van der Waals surface area (Å²) < 4.78 is 38.4. The molecule has 178 valence electrons. The Morgan fingerprint density at radius 3 is 2.44 bits per heavy atom. The van der Waals surface area contributed by atoms with Crippen molar-refractivity contribution in [2.24, 2.45) is 0 Å². The van der Waals surface area contributed by atoms with Crippen LogP contribution in [0.5, 0.6) is 0 Å². The van der Waals surface area contributed by atoms with Crippen LogP contribution in [0.2, 0.25) is 10.0 Å². The average Bonchev–Trinajstić information content (AvgIpc) is 3.24. The van der Waals surface area contributed by atoms with Crippen LogP contribution in [-0.2, 0) is 4.79 Å². The van der Waals surface area contributed by atoms with E-state index < -0.39 is 18.0 Å². The van der Waals surface area contributed by atoms with E-state index in [2.05, 4.69) is 15.3 Å². The Morgan fingerprint density at radius 2 is 1.82 bits per heavy atom. The molecule has 0 unspecified atom stereocenters. The molecule has 1 aromatic carbocycles. The molecule has 3 heterocycles. The predicted molar refractivity (Wildman–Crippen MR) is 124 cm³/mol. The molecule has 1 aliphatic rings. The molecule has 1 fully saturated rings. The van der Waals surface area contributed by atoms with Crippen LogP contribution in [0.15, 0.2) is 42.6 Å². The summed E-state index contributed by atoms with van der Waals surface area (Å²) in [5.74, 6) is -2.39. The molecular weight excluding hydrogens is 512 g/mol. The summed E-state index contributed by atoms with van der Waals surface area (Å²) in [6.07, 6.45) is -2.61. The first kappa shape index (κ1) is 24.4. The number of thiazole rings is 1. The molecule has 1 N–H and O–H groups in total. The largest absolute Gasteiger partial charge is 0.471 e. The lowest BCUT2D eigenvalue weighted by atomic mass is 9.93. The summed E-state index contributed by atoms with van der Waals surface area (Å²) in [5.41, 5.74) is 1.43. The molecule has 0 atom stereocenters. The second-order valence-electron chi connectivity index (χ2n) is 7.59. The number of nitrogens with one attached hydrogen (secondary N) is 1.